The van der Waals surface area contributed by atoms with E-state index in [1.54, 1.807) is 6.42 Å². The highest BCUT2D eigenvalue weighted by Gasteiger charge is 2.36. The zero-order chi connectivity index (χ0) is 9.14. The van der Waals surface area contributed by atoms with Crippen molar-refractivity contribution >= 4 is 29.0 Å². The number of hydrogen-bond donors (Lipinski definition) is 0. The van der Waals surface area contributed by atoms with Crippen molar-refractivity contribution in [2.24, 2.45) is 5.92 Å². The molecule has 4 heteroatoms. The Kier molecular flexibility index (Phi) is 3.81. The van der Waals surface area contributed by atoms with Gasteiger partial charge in [0.1, 0.15) is 11.9 Å². The van der Waals surface area contributed by atoms with Gasteiger partial charge in [-0.3, -0.25) is 4.79 Å². The van der Waals surface area contributed by atoms with Crippen LogP contribution in [0.2, 0.25) is 0 Å². The van der Waals surface area contributed by atoms with Crippen LogP contribution in [0.5, 0.6) is 0 Å². The summed E-state index contributed by atoms with van der Waals surface area (Å²) in [7, 11) is 0. The van der Waals surface area contributed by atoms with Crippen LogP contribution in [0, 0.1) is 12.3 Å². The third-order valence-electron chi connectivity index (χ3n) is 2.06. The van der Waals surface area contributed by atoms with Crippen molar-refractivity contribution in [3.05, 3.63) is 6.42 Å². The van der Waals surface area contributed by atoms with Crippen molar-refractivity contribution in [2.45, 2.75) is 24.3 Å². The molecule has 12 heavy (non-hydrogen) atoms. The second kappa shape index (κ2) is 4.45. The van der Waals surface area contributed by atoms with E-state index >= 15 is 0 Å². The quantitative estimate of drug-likeness (QED) is 0.639. The molecule has 0 heterocycles. The molecule has 0 bridgehead atoms. The minimum Gasteiger partial charge on any atom is -0.299 e. The Balaban J connectivity index is 2.62. The van der Waals surface area contributed by atoms with Gasteiger partial charge >= 0.3 is 0 Å². The summed E-state index contributed by atoms with van der Waals surface area (Å²) in [5.74, 6) is -0.593. The van der Waals surface area contributed by atoms with Gasteiger partial charge in [0.25, 0.3) is 0 Å². The monoisotopic (exact) mass is 208 g/mol. The molecule has 2 radical (unpaired) electrons. The van der Waals surface area contributed by atoms with E-state index < -0.39 is 17.4 Å². The first-order valence-electron chi connectivity index (χ1n) is 3.89. The molecule has 0 spiro atoms. The average molecular weight is 209 g/mol. The Bertz CT molecular complexity index is 168. The van der Waals surface area contributed by atoms with Crippen LogP contribution in [0.15, 0.2) is 0 Å². The fourth-order valence-electron chi connectivity index (χ4n) is 1.40. The van der Waals surface area contributed by atoms with Crippen molar-refractivity contribution in [3.63, 3.8) is 0 Å². The summed E-state index contributed by atoms with van der Waals surface area (Å²) in [6.07, 6.45) is 1.75. The number of alkyl halides is 2. The van der Waals surface area contributed by atoms with E-state index in [1.165, 1.54) is 0 Å². The number of Topliss-reactive ketones (excluding diaryl/α,β-unsaturated/α-hetero) is 1. The van der Waals surface area contributed by atoms with E-state index in [0.717, 1.165) is 0 Å². The van der Waals surface area contributed by atoms with Crippen molar-refractivity contribution in [3.8, 4) is 0 Å². The molecule has 1 aliphatic carbocycles. The highest BCUT2D eigenvalue weighted by Crippen LogP contribution is 2.27. The topological polar surface area (TPSA) is 37.0 Å². The summed E-state index contributed by atoms with van der Waals surface area (Å²) < 4.78 is 0. The maximum absolute atomic E-state index is 11.3. The van der Waals surface area contributed by atoms with Gasteiger partial charge in [0.15, 0.2) is 0 Å². The van der Waals surface area contributed by atoms with Crippen LogP contribution < -0.4 is 0 Å². The Morgan fingerprint density at radius 3 is 2.83 bits per heavy atom. The maximum atomic E-state index is 11.3. The smallest absolute Gasteiger partial charge is 0.144 e. The summed E-state index contributed by atoms with van der Waals surface area (Å²) in [6.45, 7) is 0. The van der Waals surface area contributed by atoms with E-state index in [2.05, 4.69) is 0 Å². The van der Waals surface area contributed by atoms with Gasteiger partial charge in [0, 0.05) is 12.3 Å². The van der Waals surface area contributed by atoms with Gasteiger partial charge < -0.3 is 0 Å². The predicted octanol–water partition coefficient (Wildman–Crippen LogP) is 1.82. The van der Waals surface area contributed by atoms with Crippen LogP contribution in [0.4, 0.5) is 0 Å². The highest BCUT2D eigenvalue weighted by molar-refractivity contribution is 6.29. The SMILES string of the molecule is [O]C1CC[CH]C(=O)C1C(Cl)CCl. The van der Waals surface area contributed by atoms with E-state index in [-0.39, 0.29) is 11.7 Å². The molecule has 68 valence electrons. The lowest BCUT2D eigenvalue weighted by Crippen LogP contribution is -2.39. The molecule has 1 rings (SSSR count). The second-order valence-corrected chi connectivity index (χ2v) is 3.79. The van der Waals surface area contributed by atoms with Crippen molar-refractivity contribution in [1.82, 2.24) is 0 Å². The Morgan fingerprint density at radius 2 is 2.33 bits per heavy atom. The van der Waals surface area contributed by atoms with Gasteiger partial charge in [-0.2, -0.15) is 0 Å². The van der Waals surface area contributed by atoms with Crippen LogP contribution >= 0.6 is 23.2 Å². The van der Waals surface area contributed by atoms with Gasteiger partial charge in [-0.25, -0.2) is 5.11 Å². The predicted molar refractivity (Wildman–Crippen MR) is 46.9 cm³/mol. The van der Waals surface area contributed by atoms with Crippen molar-refractivity contribution in [1.29, 1.82) is 0 Å². The zero-order valence-electron chi connectivity index (χ0n) is 6.50. The lowest BCUT2D eigenvalue weighted by Gasteiger charge is -2.26. The molecule has 0 amide bonds. The largest absolute Gasteiger partial charge is 0.299 e. The molecule has 3 atom stereocenters. The lowest BCUT2D eigenvalue weighted by atomic mass is 9.83. The molecule has 1 fully saturated rings. The first-order chi connectivity index (χ1) is 5.66. The summed E-state index contributed by atoms with van der Waals surface area (Å²) in [6, 6.07) is 0. The minimum absolute atomic E-state index is 0.137. The van der Waals surface area contributed by atoms with Gasteiger partial charge in [0.05, 0.1) is 11.3 Å². The Labute approximate surface area is 81.9 Å². The van der Waals surface area contributed by atoms with E-state index in [0.29, 0.717) is 12.8 Å². The average Bonchev–Trinajstić information content (AvgIpc) is 2.03. The molecule has 2 nitrogen and oxygen atoms in total. The zero-order valence-corrected chi connectivity index (χ0v) is 8.02. The molecule has 3 unspecified atom stereocenters. The van der Waals surface area contributed by atoms with Crippen LogP contribution in [0.25, 0.3) is 0 Å². The minimum atomic E-state index is -0.872. The molecule has 0 aliphatic heterocycles. The number of hydrogen-bond acceptors (Lipinski definition) is 1. The van der Waals surface area contributed by atoms with Gasteiger partial charge in [0.2, 0.25) is 0 Å². The van der Waals surface area contributed by atoms with Crippen molar-refractivity contribution in [2.75, 3.05) is 5.88 Å². The molecule has 1 saturated carbocycles. The Hall–Kier alpha value is 0.210. The first-order valence-corrected chi connectivity index (χ1v) is 4.87. The van der Waals surface area contributed by atoms with Crippen LogP contribution in [-0.2, 0) is 9.90 Å². The van der Waals surface area contributed by atoms with Crippen molar-refractivity contribution < 1.29 is 9.90 Å². The highest BCUT2D eigenvalue weighted by atomic mass is 35.5. The number of ketones is 1. The maximum Gasteiger partial charge on any atom is 0.144 e. The number of rotatable bonds is 2. The molecule has 0 aromatic rings. The lowest BCUT2D eigenvalue weighted by molar-refractivity contribution is -0.127. The third kappa shape index (κ3) is 2.12. The second-order valence-electron chi connectivity index (χ2n) is 2.92. The summed E-state index contributed by atoms with van der Waals surface area (Å²) >= 11 is 11.2. The third-order valence-corrected chi connectivity index (χ3v) is 2.98. The fourth-order valence-corrected chi connectivity index (χ4v) is 1.87. The molecule has 0 aromatic heterocycles. The van der Waals surface area contributed by atoms with Gasteiger partial charge in [-0.1, -0.05) is 0 Å². The van der Waals surface area contributed by atoms with Crippen LogP contribution in [0.3, 0.4) is 0 Å². The summed E-state index contributed by atoms with van der Waals surface area (Å²) in [5, 5.41) is 10.8. The molecule has 0 N–H and O–H groups in total. The van der Waals surface area contributed by atoms with E-state index in [4.69, 9.17) is 23.2 Å². The Morgan fingerprint density at radius 1 is 1.67 bits per heavy atom. The standard InChI is InChI=1S/C8H10Cl2O2/c9-4-5(10)8-6(11)2-1-3-7(8)12/h2,5,7-8H,1,3-4H2. The van der Waals surface area contributed by atoms with Crippen LogP contribution in [0.1, 0.15) is 12.8 Å². The van der Waals surface area contributed by atoms with Crippen LogP contribution in [-0.4, -0.2) is 23.1 Å². The van der Waals surface area contributed by atoms with Gasteiger partial charge in [-0.15, -0.1) is 23.2 Å². The molecule has 0 saturated heterocycles. The normalized spacial score (nSPS) is 33.4. The number of carbonyl (C=O) groups is 1. The first kappa shape index (κ1) is 10.3. The summed E-state index contributed by atoms with van der Waals surface area (Å²) in [4.78, 5) is 11.2. The van der Waals surface area contributed by atoms with E-state index in [9.17, 15) is 9.90 Å². The van der Waals surface area contributed by atoms with E-state index in [1.807, 2.05) is 0 Å². The molecular weight excluding hydrogens is 199 g/mol. The number of carbonyl (C=O) groups excluding carboxylic acids is 1. The summed E-state index contributed by atoms with van der Waals surface area (Å²) in [5.41, 5.74) is 0. The number of halogens is 2. The van der Waals surface area contributed by atoms with Gasteiger partial charge in [-0.05, 0) is 12.8 Å². The molecule has 0 aromatic carbocycles. The molecular formula is C8H10Cl2O2. The fraction of sp³-hybridized carbons (Fsp3) is 0.750. The molecule has 1 aliphatic rings.